The smallest absolute Gasteiger partial charge is 0.0975 e. The fraction of sp³-hybridized carbons (Fsp3) is 1.00. The van der Waals surface area contributed by atoms with Crippen LogP contribution < -0.4 is 5.32 Å². The predicted molar refractivity (Wildman–Crippen MR) is 63.5 cm³/mol. The van der Waals surface area contributed by atoms with Crippen LogP contribution >= 0.6 is 0 Å². The lowest BCUT2D eigenvalue weighted by atomic mass is 10.0. The Hall–Kier alpha value is -0.160. The second-order valence-electron chi connectivity index (χ2n) is 4.85. The molecule has 0 aromatic carbocycles. The topological polar surface area (TPSA) is 50.7 Å². The molecule has 4 heteroatoms. The Bertz CT molecular complexity index is 179. The van der Waals surface area contributed by atoms with Crippen LogP contribution in [0.1, 0.15) is 26.7 Å². The summed E-state index contributed by atoms with van der Waals surface area (Å²) in [7, 11) is 0. The van der Waals surface area contributed by atoms with Gasteiger partial charge in [0.15, 0.2) is 0 Å². The van der Waals surface area contributed by atoms with Gasteiger partial charge >= 0.3 is 0 Å². The van der Waals surface area contributed by atoms with Gasteiger partial charge in [-0.2, -0.15) is 0 Å². The highest BCUT2D eigenvalue weighted by Crippen LogP contribution is 2.15. The maximum absolute atomic E-state index is 9.96. The summed E-state index contributed by atoms with van der Waals surface area (Å²) in [6, 6.07) is 0. The number of ether oxygens (including phenoxy) is 2. The maximum Gasteiger partial charge on any atom is 0.0975 e. The Morgan fingerprint density at radius 3 is 2.75 bits per heavy atom. The molecule has 0 amide bonds. The SMILES string of the molecule is CCNCC(C)(O)COCC1CCOCC1. The van der Waals surface area contributed by atoms with Crippen LogP contribution in [0.4, 0.5) is 0 Å². The second kappa shape index (κ2) is 7.22. The van der Waals surface area contributed by atoms with Crippen LogP contribution in [0.5, 0.6) is 0 Å². The zero-order chi connectivity index (χ0) is 11.9. The summed E-state index contributed by atoms with van der Waals surface area (Å²) in [5.41, 5.74) is -0.763. The third kappa shape index (κ3) is 5.80. The number of rotatable bonds is 7. The third-order valence-corrected chi connectivity index (χ3v) is 2.86. The van der Waals surface area contributed by atoms with Crippen LogP contribution in [0.2, 0.25) is 0 Å². The highest BCUT2D eigenvalue weighted by atomic mass is 16.5. The number of likely N-dealkylation sites (N-methyl/N-ethyl adjacent to an activating group) is 1. The van der Waals surface area contributed by atoms with Gasteiger partial charge in [-0.05, 0) is 32.2 Å². The molecule has 1 heterocycles. The molecule has 1 rings (SSSR count). The molecule has 1 aliphatic rings. The summed E-state index contributed by atoms with van der Waals surface area (Å²) < 4.78 is 10.9. The summed E-state index contributed by atoms with van der Waals surface area (Å²) in [4.78, 5) is 0. The van der Waals surface area contributed by atoms with E-state index < -0.39 is 5.60 Å². The first kappa shape index (κ1) is 13.9. The summed E-state index contributed by atoms with van der Waals surface area (Å²) in [6.45, 7) is 8.12. The van der Waals surface area contributed by atoms with Crippen LogP contribution in [0, 0.1) is 5.92 Å². The van der Waals surface area contributed by atoms with Gasteiger partial charge in [-0.1, -0.05) is 6.92 Å². The van der Waals surface area contributed by atoms with Gasteiger partial charge in [0, 0.05) is 26.4 Å². The van der Waals surface area contributed by atoms with Gasteiger partial charge < -0.3 is 19.9 Å². The van der Waals surface area contributed by atoms with E-state index in [1.165, 1.54) is 0 Å². The molecule has 1 aliphatic heterocycles. The van der Waals surface area contributed by atoms with Gasteiger partial charge in [0.1, 0.15) is 0 Å². The highest BCUT2D eigenvalue weighted by molar-refractivity contribution is 4.75. The van der Waals surface area contributed by atoms with Gasteiger partial charge in [-0.15, -0.1) is 0 Å². The first-order chi connectivity index (χ1) is 7.64. The van der Waals surface area contributed by atoms with Crippen LogP contribution in [-0.4, -0.2) is 50.2 Å². The Kier molecular flexibility index (Phi) is 6.28. The van der Waals surface area contributed by atoms with Crippen molar-refractivity contribution < 1.29 is 14.6 Å². The van der Waals surface area contributed by atoms with E-state index in [1.807, 2.05) is 6.92 Å². The molecule has 1 atom stereocenters. The normalized spacial score (nSPS) is 21.9. The lowest BCUT2D eigenvalue weighted by Gasteiger charge is -2.26. The third-order valence-electron chi connectivity index (χ3n) is 2.86. The first-order valence-electron chi connectivity index (χ1n) is 6.22. The van der Waals surface area contributed by atoms with Crippen LogP contribution in [0.3, 0.4) is 0 Å². The minimum absolute atomic E-state index is 0.400. The molecular formula is C12H25NO3. The van der Waals surface area contributed by atoms with E-state index in [1.54, 1.807) is 6.92 Å². The summed E-state index contributed by atoms with van der Waals surface area (Å²) in [5, 5.41) is 13.1. The Labute approximate surface area is 98.3 Å². The van der Waals surface area contributed by atoms with Crippen molar-refractivity contribution in [3.05, 3.63) is 0 Å². The number of nitrogens with one attached hydrogen (secondary N) is 1. The highest BCUT2D eigenvalue weighted by Gasteiger charge is 2.21. The lowest BCUT2D eigenvalue weighted by Crippen LogP contribution is -2.42. The fourth-order valence-electron chi connectivity index (χ4n) is 1.80. The van der Waals surface area contributed by atoms with Crippen LogP contribution in [0.25, 0.3) is 0 Å². The van der Waals surface area contributed by atoms with Gasteiger partial charge in [0.25, 0.3) is 0 Å². The van der Waals surface area contributed by atoms with Gasteiger partial charge in [0.05, 0.1) is 12.2 Å². The molecule has 2 N–H and O–H groups in total. The van der Waals surface area contributed by atoms with Gasteiger partial charge in [-0.3, -0.25) is 0 Å². The van der Waals surface area contributed by atoms with Crippen molar-refractivity contribution in [3.8, 4) is 0 Å². The zero-order valence-corrected chi connectivity index (χ0v) is 10.5. The first-order valence-corrected chi connectivity index (χ1v) is 6.22. The molecule has 96 valence electrons. The van der Waals surface area contributed by atoms with E-state index in [2.05, 4.69) is 5.32 Å². The fourth-order valence-corrected chi connectivity index (χ4v) is 1.80. The van der Waals surface area contributed by atoms with E-state index in [0.717, 1.165) is 39.2 Å². The summed E-state index contributed by atoms with van der Waals surface area (Å²) in [5.74, 6) is 0.601. The minimum Gasteiger partial charge on any atom is -0.386 e. The number of hydrogen-bond donors (Lipinski definition) is 2. The van der Waals surface area contributed by atoms with Crippen molar-refractivity contribution in [2.24, 2.45) is 5.92 Å². The Balaban J connectivity index is 2.08. The number of aliphatic hydroxyl groups is 1. The van der Waals surface area contributed by atoms with Crippen molar-refractivity contribution >= 4 is 0 Å². The molecule has 0 spiro atoms. The summed E-state index contributed by atoms with van der Waals surface area (Å²) >= 11 is 0. The molecule has 0 bridgehead atoms. The van der Waals surface area contributed by atoms with E-state index in [-0.39, 0.29) is 0 Å². The molecule has 0 aromatic rings. The van der Waals surface area contributed by atoms with E-state index >= 15 is 0 Å². The molecular weight excluding hydrogens is 206 g/mol. The van der Waals surface area contributed by atoms with E-state index in [4.69, 9.17) is 9.47 Å². The minimum atomic E-state index is -0.763. The summed E-state index contributed by atoms with van der Waals surface area (Å²) in [6.07, 6.45) is 2.16. The molecule has 1 fully saturated rings. The maximum atomic E-state index is 9.96. The average molecular weight is 231 g/mol. The van der Waals surface area contributed by atoms with Crippen molar-refractivity contribution in [2.45, 2.75) is 32.3 Å². The molecule has 4 nitrogen and oxygen atoms in total. The van der Waals surface area contributed by atoms with Crippen LogP contribution in [0.15, 0.2) is 0 Å². The molecule has 0 aliphatic carbocycles. The predicted octanol–water partition coefficient (Wildman–Crippen LogP) is 0.790. The average Bonchev–Trinajstić information content (AvgIpc) is 2.28. The van der Waals surface area contributed by atoms with Crippen LogP contribution in [-0.2, 0) is 9.47 Å². The Morgan fingerprint density at radius 2 is 2.12 bits per heavy atom. The molecule has 0 radical (unpaired) electrons. The van der Waals surface area contributed by atoms with Crippen molar-refractivity contribution in [2.75, 3.05) is 39.5 Å². The van der Waals surface area contributed by atoms with Crippen molar-refractivity contribution in [1.29, 1.82) is 0 Å². The monoisotopic (exact) mass is 231 g/mol. The van der Waals surface area contributed by atoms with Crippen molar-refractivity contribution in [1.82, 2.24) is 5.32 Å². The Morgan fingerprint density at radius 1 is 1.44 bits per heavy atom. The van der Waals surface area contributed by atoms with Gasteiger partial charge in [0.2, 0.25) is 0 Å². The zero-order valence-electron chi connectivity index (χ0n) is 10.5. The van der Waals surface area contributed by atoms with E-state index in [0.29, 0.717) is 19.1 Å². The largest absolute Gasteiger partial charge is 0.386 e. The van der Waals surface area contributed by atoms with E-state index in [9.17, 15) is 5.11 Å². The molecule has 1 unspecified atom stereocenters. The molecule has 1 saturated heterocycles. The van der Waals surface area contributed by atoms with Gasteiger partial charge in [-0.25, -0.2) is 0 Å². The second-order valence-corrected chi connectivity index (χ2v) is 4.85. The molecule has 0 saturated carbocycles. The molecule has 16 heavy (non-hydrogen) atoms. The number of hydrogen-bond acceptors (Lipinski definition) is 4. The lowest BCUT2D eigenvalue weighted by molar-refractivity contribution is -0.0519. The molecule has 0 aromatic heterocycles. The standard InChI is InChI=1S/C12H25NO3/c1-3-13-9-12(2,14)10-16-8-11-4-6-15-7-5-11/h11,13-14H,3-10H2,1-2H3. The van der Waals surface area contributed by atoms with Crippen molar-refractivity contribution in [3.63, 3.8) is 0 Å². The quantitative estimate of drug-likeness (QED) is 0.680.